The molecule has 0 unspecified atom stereocenters. The molecule has 15 heavy (non-hydrogen) atoms. The van der Waals surface area contributed by atoms with Crippen LogP contribution in [0.3, 0.4) is 0 Å². The first kappa shape index (κ1) is 9.93. The number of fused-ring (bicyclic) bond motifs is 2. The molecule has 3 aliphatic rings. The number of hydrogen-bond donors (Lipinski definition) is 1. The monoisotopic (exact) mass is 228 g/mol. The second-order valence-corrected chi connectivity index (χ2v) is 5.51. The summed E-state index contributed by atoms with van der Waals surface area (Å²) in [6.07, 6.45) is 2.07. The van der Waals surface area contributed by atoms with Crippen molar-refractivity contribution in [3.63, 3.8) is 0 Å². The smallest absolute Gasteiger partial charge is 0.233 e. The summed E-state index contributed by atoms with van der Waals surface area (Å²) in [5.74, 6) is 0.979. The Kier molecular flexibility index (Phi) is 2.41. The summed E-state index contributed by atoms with van der Waals surface area (Å²) in [5.41, 5.74) is 0.132. The maximum absolute atomic E-state index is 11.7. The van der Waals surface area contributed by atoms with Crippen molar-refractivity contribution in [2.24, 2.45) is 0 Å². The lowest BCUT2D eigenvalue weighted by atomic mass is 9.87. The summed E-state index contributed by atoms with van der Waals surface area (Å²) >= 11 is 1.80. The van der Waals surface area contributed by atoms with Gasteiger partial charge in [-0.1, -0.05) is 0 Å². The zero-order valence-corrected chi connectivity index (χ0v) is 9.52. The zero-order chi connectivity index (χ0) is 10.3. The number of piperazine rings is 1. The Morgan fingerprint density at radius 2 is 2.27 bits per heavy atom. The highest BCUT2D eigenvalue weighted by Crippen LogP contribution is 2.40. The van der Waals surface area contributed by atoms with Gasteiger partial charge in [0.25, 0.3) is 0 Å². The van der Waals surface area contributed by atoms with Crippen molar-refractivity contribution in [1.29, 1.82) is 0 Å². The second-order valence-electron chi connectivity index (χ2n) is 4.45. The van der Waals surface area contributed by atoms with Crippen LogP contribution in [-0.2, 0) is 9.53 Å². The molecule has 3 saturated heterocycles. The topological polar surface area (TPSA) is 41.6 Å². The molecule has 1 amide bonds. The van der Waals surface area contributed by atoms with Crippen LogP contribution in [0, 0.1) is 0 Å². The lowest BCUT2D eigenvalue weighted by Gasteiger charge is -2.49. The van der Waals surface area contributed by atoms with E-state index in [9.17, 15) is 4.79 Å². The molecular formula is C10H16N2O2S. The fraction of sp³-hybridized carbons (Fsp3) is 0.900. The number of carbonyl (C=O) groups excluding carboxylic acids is 1. The Bertz CT molecular complexity index is 273. The fourth-order valence-corrected chi connectivity index (χ4v) is 4.33. The van der Waals surface area contributed by atoms with E-state index in [1.165, 1.54) is 0 Å². The van der Waals surface area contributed by atoms with Gasteiger partial charge in [-0.15, -0.1) is 11.8 Å². The van der Waals surface area contributed by atoms with E-state index in [-0.39, 0.29) is 5.54 Å². The third-order valence-corrected chi connectivity index (χ3v) is 5.09. The third kappa shape index (κ3) is 1.48. The quantitative estimate of drug-likeness (QED) is 0.635. The molecule has 1 spiro atoms. The van der Waals surface area contributed by atoms with E-state index in [0.717, 1.165) is 39.1 Å². The molecule has 3 heterocycles. The van der Waals surface area contributed by atoms with Crippen LogP contribution < -0.4 is 5.32 Å². The van der Waals surface area contributed by atoms with E-state index in [4.69, 9.17) is 4.74 Å². The van der Waals surface area contributed by atoms with Crippen LogP contribution in [0.5, 0.6) is 0 Å². The SMILES string of the molecule is O=C1CS[C@H]2N1CCNC21CCOCC1. The summed E-state index contributed by atoms with van der Waals surface area (Å²) < 4.78 is 5.42. The predicted molar refractivity (Wildman–Crippen MR) is 58.7 cm³/mol. The summed E-state index contributed by atoms with van der Waals surface area (Å²) in [4.78, 5) is 13.7. The van der Waals surface area contributed by atoms with Crippen molar-refractivity contribution in [3.8, 4) is 0 Å². The van der Waals surface area contributed by atoms with Gasteiger partial charge in [0.2, 0.25) is 5.91 Å². The van der Waals surface area contributed by atoms with Gasteiger partial charge < -0.3 is 15.0 Å². The minimum atomic E-state index is 0.132. The number of amides is 1. The normalized spacial score (nSPS) is 34.5. The molecule has 0 aliphatic carbocycles. The van der Waals surface area contributed by atoms with Gasteiger partial charge in [0, 0.05) is 26.3 Å². The fourth-order valence-electron chi connectivity index (χ4n) is 2.83. The molecule has 84 valence electrons. The molecule has 3 aliphatic heterocycles. The van der Waals surface area contributed by atoms with E-state index >= 15 is 0 Å². The second kappa shape index (κ2) is 3.64. The molecule has 1 N–H and O–H groups in total. The van der Waals surface area contributed by atoms with E-state index in [1.807, 2.05) is 0 Å². The van der Waals surface area contributed by atoms with Crippen LogP contribution in [0.15, 0.2) is 0 Å². The van der Waals surface area contributed by atoms with Crippen LogP contribution in [-0.4, -0.2) is 53.8 Å². The minimum Gasteiger partial charge on any atom is -0.381 e. The first-order chi connectivity index (χ1) is 7.32. The Morgan fingerprint density at radius 1 is 1.47 bits per heavy atom. The molecule has 4 nitrogen and oxygen atoms in total. The van der Waals surface area contributed by atoms with Gasteiger partial charge in [-0.2, -0.15) is 0 Å². The van der Waals surface area contributed by atoms with Crippen LogP contribution >= 0.6 is 11.8 Å². The van der Waals surface area contributed by atoms with Gasteiger partial charge in [-0.25, -0.2) is 0 Å². The van der Waals surface area contributed by atoms with Gasteiger partial charge in [0.1, 0.15) is 0 Å². The molecule has 0 aromatic rings. The van der Waals surface area contributed by atoms with Crippen molar-refractivity contribution in [3.05, 3.63) is 0 Å². The van der Waals surface area contributed by atoms with Crippen LogP contribution in [0.2, 0.25) is 0 Å². The van der Waals surface area contributed by atoms with Crippen LogP contribution in [0.4, 0.5) is 0 Å². The average Bonchev–Trinajstić information content (AvgIpc) is 2.64. The largest absolute Gasteiger partial charge is 0.381 e. The number of rotatable bonds is 0. The summed E-state index contributed by atoms with van der Waals surface area (Å²) in [7, 11) is 0. The maximum atomic E-state index is 11.7. The van der Waals surface area contributed by atoms with Crippen molar-refractivity contribution in [2.75, 3.05) is 32.1 Å². The molecule has 1 atom stereocenters. The first-order valence-corrected chi connectivity index (χ1v) is 6.61. The predicted octanol–water partition coefficient (Wildman–Crippen LogP) is 0.0403. The zero-order valence-electron chi connectivity index (χ0n) is 8.70. The summed E-state index contributed by atoms with van der Waals surface area (Å²) in [5, 5.41) is 3.98. The molecule has 5 heteroatoms. The van der Waals surface area contributed by atoms with Crippen molar-refractivity contribution < 1.29 is 9.53 Å². The van der Waals surface area contributed by atoms with Gasteiger partial charge in [-0.05, 0) is 12.8 Å². The molecule has 0 aromatic heterocycles. The molecule has 3 fully saturated rings. The number of nitrogens with one attached hydrogen (secondary N) is 1. The molecule has 0 radical (unpaired) electrons. The highest BCUT2D eigenvalue weighted by atomic mass is 32.2. The first-order valence-electron chi connectivity index (χ1n) is 5.56. The number of hydrogen-bond acceptors (Lipinski definition) is 4. The van der Waals surface area contributed by atoms with E-state index in [0.29, 0.717) is 17.0 Å². The van der Waals surface area contributed by atoms with Gasteiger partial charge >= 0.3 is 0 Å². The number of ether oxygens (including phenoxy) is 1. The standard InChI is InChI=1S/C10H16N2O2S/c13-8-7-15-9-10(1-5-14-6-2-10)11-3-4-12(8)9/h9,11H,1-7H2/t9-/m1/s1. The van der Waals surface area contributed by atoms with E-state index in [2.05, 4.69) is 10.2 Å². The van der Waals surface area contributed by atoms with Gasteiger partial charge in [0.15, 0.2) is 0 Å². The minimum absolute atomic E-state index is 0.132. The lowest BCUT2D eigenvalue weighted by Crippen LogP contribution is -2.66. The molecule has 0 saturated carbocycles. The number of thioether (sulfide) groups is 1. The highest BCUT2D eigenvalue weighted by Gasteiger charge is 2.50. The van der Waals surface area contributed by atoms with Crippen molar-refractivity contribution >= 4 is 17.7 Å². The van der Waals surface area contributed by atoms with E-state index < -0.39 is 0 Å². The molecule has 3 rings (SSSR count). The molecule has 0 aromatic carbocycles. The summed E-state index contributed by atoms with van der Waals surface area (Å²) in [6, 6.07) is 0. The lowest BCUT2D eigenvalue weighted by molar-refractivity contribution is -0.131. The van der Waals surface area contributed by atoms with Crippen molar-refractivity contribution in [1.82, 2.24) is 10.2 Å². The van der Waals surface area contributed by atoms with Gasteiger partial charge in [0.05, 0.1) is 16.7 Å². The summed E-state index contributed by atoms with van der Waals surface area (Å²) in [6.45, 7) is 3.46. The number of carbonyl (C=O) groups is 1. The highest BCUT2D eigenvalue weighted by molar-refractivity contribution is 8.01. The van der Waals surface area contributed by atoms with Crippen LogP contribution in [0.1, 0.15) is 12.8 Å². The van der Waals surface area contributed by atoms with Crippen LogP contribution in [0.25, 0.3) is 0 Å². The maximum Gasteiger partial charge on any atom is 0.233 e. The number of nitrogens with zero attached hydrogens (tertiary/aromatic N) is 1. The average molecular weight is 228 g/mol. The Hall–Kier alpha value is -0.260. The molecular weight excluding hydrogens is 212 g/mol. The van der Waals surface area contributed by atoms with Crippen molar-refractivity contribution in [2.45, 2.75) is 23.8 Å². The molecule has 0 bridgehead atoms. The van der Waals surface area contributed by atoms with Gasteiger partial charge in [-0.3, -0.25) is 4.79 Å². The third-order valence-electron chi connectivity index (χ3n) is 3.66. The Balaban J connectivity index is 1.85. The Labute approximate surface area is 93.7 Å². The van der Waals surface area contributed by atoms with E-state index in [1.54, 1.807) is 11.8 Å². The Morgan fingerprint density at radius 3 is 3.07 bits per heavy atom.